The summed E-state index contributed by atoms with van der Waals surface area (Å²) in [6, 6.07) is 4.15. The summed E-state index contributed by atoms with van der Waals surface area (Å²) in [5.41, 5.74) is 2.88. The van der Waals surface area contributed by atoms with E-state index in [1.54, 1.807) is 0 Å². The number of aromatic hydroxyl groups is 1. The van der Waals surface area contributed by atoms with Crippen LogP contribution in [0, 0.1) is 0 Å². The summed E-state index contributed by atoms with van der Waals surface area (Å²) in [5, 5.41) is 14.0. The summed E-state index contributed by atoms with van der Waals surface area (Å²) in [4.78, 5) is 0. The molecule has 3 nitrogen and oxygen atoms in total. The normalized spacial score (nSPS) is 20.4. The van der Waals surface area contributed by atoms with Gasteiger partial charge in [0.1, 0.15) is 12.0 Å². The van der Waals surface area contributed by atoms with Crippen LogP contribution >= 0.6 is 0 Å². The number of nitrogens with one attached hydrogen (secondary N) is 1. The van der Waals surface area contributed by atoms with Crippen molar-refractivity contribution in [1.82, 2.24) is 5.32 Å². The van der Waals surface area contributed by atoms with E-state index in [0.29, 0.717) is 5.75 Å². The first-order chi connectivity index (χ1) is 9.10. The summed E-state index contributed by atoms with van der Waals surface area (Å²) in [6.45, 7) is 14.4. The van der Waals surface area contributed by atoms with Crippen molar-refractivity contribution in [1.29, 1.82) is 0 Å². The smallest absolute Gasteiger partial charge is 0.134 e. The van der Waals surface area contributed by atoms with E-state index in [1.807, 2.05) is 0 Å². The van der Waals surface area contributed by atoms with E-state index in [2.05, 4.69) is 59.0 Å². The van der Waals surface area contributed by atoms with E-state index >= 15 is 0 Å². The van der Waals surface area contributed by atoms with Crippen LogP contribution < -0.4 is 5.32 Å². The number of rotatable bonds is 1. The number of ether oxygens (including phenoxy) is 1. The molecule has 0 aliphatic carbocycles. The second kappa shape index (κ2) is 5.05. The lowest BCUT2D eigenvalue weighted by Crippen LogP contribution is -2.20. The topological polar surface area (TPSA) is 41.5 Å². The molecule has 0 bridgehead atoms. The van der Waals surface area contributed by atoms with Crippen molar-refractivity contribution >= 4 is 0 Å². The van der Waals surface area contributed by atoms with E-state index in [4.69, 9.17) is 4.74 Å². The van der Waals surface area contributed by atoms with Gasteiger partial charge in [0.15, 0.2) is 0 Å². The number of benzene rings is 1. The number of phenolic OH excluding ortho intramolecular Hbond substituents is 1. The Morgan fingerprint density at radius 3 is 1.90 bits per heavy atom. The van der Waals surface area contributed by atoms with Gasteiger partial charge in [-0.15, -0.1) is 0 Å². The zero-order valence-electron chi connectivity index (χ0n) is 13.5. The molecular formula is C17H27NO2. The maximum Gasteiger partial charge on any atom is 0.134 e. The van der Waals surface area contributed by atoms with Gasteiger partial charge in [0.2, 0.25) is 0 Å². The highest BCUT2D eigenvalue weighted by atomic mass is 16.5. The average Bonchev–Trinajstić information content (AvgIpc) is 2.79. The molecule has 20 heavy (non-hydrogen) atoms. The maximum atomic E-state index is 10.7. The first-order valence-electron chi connectivity index (χ1n) is 7.33. The Bertz CT molecular complexity index is 454. The van der Waals surface area contributed by atoms with Crippen LogP contribution in [0.1, 0.15) is 64.5 Å². The second-order valence-electron chi connectivity index (χ2n) is 7.67. The zero-order valence-corrected chi connectivity index (χ0v) is 13.5. The molecule has 1 heterocycles. The predicted molar refractivity (Wildman–Crippen MR) is 82.2 cm³/mol. The number of hydrogen-bond acceptors (Lipinski definition) is 3. The van der Waals surface area contributed by atoms with E-state index in [1.165, 1.54) is 0 Å². The van der Waals surface area contributed by atoms with Crippen LogP contribution in [-0.4, -0.2) is 18.3 Å². The molecule has 3 heteroatoms. The van der Waals surface area contributed by atoms with Gasteiger partial charge in [0.05, 0.1) is 6.61 Å². The minimum Gasteiger partial charge on any atom is -0.507 e. The molecule has 1 aromatic carbocycles. The van der Waals surface area contributed by atoms with Crippen LogP contribution in [-0.2, 0) is 15.6 Å². The van der Waals surface area contributed by atoms with Gasteiger partial charge in [0.25, 0.3) is 0 Å². The molecule has 1 atom stereocenters. The molecule has 0 saturated carbocycles. The standard InChI is InChI=1S/C17H27NO2/c1-16(2,3)12-9-11(15-18-7-8-20-15)10-13(14(12)19)17(4,5)6/h9-10,15,18-19H,7-8H2,1-6H3. The van der Waals surface area contributed by atoms with Gasteiger partial charge in [-0.3, -0.25) is 5.32 Å². The van der Waals surface area contributed by atoms with Crippen LogP contribution in [0.3, 0.4) is 0 Å². The molecule has 1 fully saturated rings. The Morgan fingerprint density at radius 1 is 1.05 bits per heavy atom. The van der Waals surface area contributed by atoms with Gasteiger partial charge >= 0.3 is 0 Å². The van der Waals surface area contributed by atoms with Crippen molar-refractivity contribution in [3.63, 3.8) is 0 Å². The molecule has 112 valence electrons. The summed E-state index contributed by atoms with van der Waals surface area (Å²) < 4.78 is 5.72. The fourth-order valence-corrected chi connectivity index (χ4v) is 2.59. The summed E-state index contributed by atoms with van der Waals surface area (Å²) in [5.74, 6) is 0.423. The predicted octanol–water partition coefficient (Wildman–Crippen LogP) is 3.61. The Kier molecular flexibility index (Phi) is 3.87. The summed E-state index contributed by atoms with van der Waals surface area (Å²) in [6.07, 6.45) is -0.0576. The maximum absolute atomic E-state index is 10.7. The molecule has 1 saturated heterocycles. The molecule has 0 amide bonds. The fourth-order valence-electron chi connectivity index (χ4n) is 2.59. The lowest BCUT2D eigenvalue weighted by Gasteiger charge is -2.29. The molecule has 0 spiro atoms. The van der Waals surface area contributed by atoms with Crippen molar-refractivity contribution in [2.45, 2.75) is 58.6 Å². The second-order valence-corrected chi connectivity index (χ2v) is 7.67. The van der Waals surface area contributed by atoms with Gasteiger partial charge in [0, 0.05) is 6.54 Å². The number of hydrogen-bond donors (Lipinski definition) is 2. The molecule has 1 unspecified atom stereocenters. The van der Waals surface area contributed by atoms with E-state index in [9.17, 15) is 5.11 Å². The van der Waals surface area contributed by atoms with Crippen LogP contribution in [0.4, 0.5) is 0 Å². The summed E-state index contributed by atoms with van der Waals surface area (Å²) in [7, 11) is 0. The minimum absolute atomic E-state index is 0.0576. The molecule has 1 aliphatic heterocycles. The average molecular weight is 277 g/mol. The molecule has 2 rings (SSSR count). The molecule has 1 aliphatic rings. The first kappa shape index (κ1) is 15.3. The van der Waals surface area contributed by atoms with Crippen LogP contribution in [0.15, 0.2) is 12.1 Å². The minimum atomic E-state index is -0.0985. The van der Waals surface area contributed by atoms with E-state index < -0.39 is 0 Å². The van der Waals surface area contributed by atoms with Gasteiger partial charge in [-0.05, 0) is 39.7 Å². The zero-order chi connectivity index (χ0) is 15.1. The largest absolute Gasteiger partial charge is 0.507 e. The summed E-state index contributed by atoms with van der Waals surface area (Å²) >= 11 is 0. The highest BCUT2D eigenvalue weighted by Gasteiger charge is 2.29. The van der Waals surface area contributed by atoms with Crippen molar-refractivity contribution in [3.05, 3.63) is 28.8 Å². The molecule has 0 aromatic heterocycles. The quantitative estimate of drug-likeness (QED) is 0.824. The Morgan fingerprint density at radius 2 is 1.55 bits per heavy atom. The number of phenols is 1. The lowest BCUT2D eigenvalue weighted by atomic mass is 9.78. The third-order valence-electron chi connectivity index (χ3n) is 3.77. The Hall–Kier alpha value is -1.06. The Labute approximate surface area is 122 Å². The lowest BCUT2D eigenvalue weighted by molar-refractivity contribution is 0.102. The van der Waals surface area contributed by atoms with Crippen molar-refractivity contribution in [2.24, 2.45) is 0 Å². The molecule has 2 N–H and O–H groups in total. The molecule has 0 radical (unpaired) electrons. The highest BCUT2D eigenvalue weighted by molar-refractivity contribution is 5.50. The van der Waals surface area contributed by atoms with Gasteiger partial charge in [-0.25, -0.2) is 0 Å². The van der Waals surface area contributed by atoms with E-state index in [-0.39, 0.29) is 17.1 Å². The van der Waals surface area contributed by atoms with Crippen LogP contribution in [0.5, 0.6) is 5.75 Å². The van der Waals surface area contributed by atoms with Crippen molar-refractivity contribution in [3.8, 4) is 5.75 Å². The fraction of sp³-hybridized carbons (Fsp3) is 0.647. The first-order valence-corrected chi connectivity index (χ1v) is 7.33. The highest BCUT2D eigenvalue weighted by Crippen LogP contribution is 2.41. The van der Waals surface area contributed by atoms with E-state index in [0.717, 1.165) is 29.8 Å². The van der Waals surface area contributed by atoms with Crippen molar-refractivity contribution in [2.75, 3.05) is 13.2 Å². The van der Waals surface area contributed by atoms with Gasteiger partial charge in [-0.2, -0.15) is 0 Å². The third kappa shape index (κ3) is 2.99. The monoisotopic (exact) mass is 277 g/mol. The SMILES string of the molecule is CC(C)(C)c1cc(C2NCCO2)cc(C(C)(C)C)c1O. The van der Waals surface area contributed by atoms with Crippen LogP contribution in [0.25, 0.3) is 0 Å². The van der Waals surface area contributed by atoms with Gasteiger partial charge < -0.3 is 9.84 Å². The van der Waals surface area contributed by atoms with Crippen LogP contribution in [0.2, 0.25) is 0 Å². The van der Waals surface area contributed by atoms with Crippen molar-refractivity contribution < 1.29 is 9.84 Å². The Balaban J connectivity index is 2.60. The molecular weight excluding hydrogens is 250 g/mol. The third-order valence-corrected chi connectivity index (χ3v) is 3.77. The molecule has 1 aromatic rings. The van der Waals surface area contributed by atoms with Gasteiger partial charge in [-0.1, -0.05) is 41.5 Å².